The number of hydrogen-bond donors (Lipinski definition) is 2. The van der Waals surface area contributed by atoms with Crippen molar-refractivity contribution in [2.75, 3.05) is 6.54 Å². The molecule has 2 saturated carbocycles. The molecule has 5 heteroatoms. The summed E-state index contributed by atoms with van der Waals surface area (Å²) in [5, 5.41) is 9.40. The number of fused-ring (bicyclic) bond motifs is 1. The van der Waals surface area contributed by atoms with Crippen LogP contribution >= 0.6 is 0 Å². The molecule has 3 aliphatic rings. The maximum absolute atomic E-state index is 12.4. The van der Waals surface area contributed by atoms with Crippen LogP contribution in [0.2, 0.25) is 0 Å². The SMILES string of the molecule is NC1(C(=O)N2CC3CCCC3C2C(=O)O)CCC1. The highest BCUT2D eigenvalue weighted by molar-refractivity contribution is 5.91. The van der Waals surface area contributed by atoms with Crippen molar-refractivity contribution in [2.24, 2.45) is 17.6 Å². The topological polar surface area (TPSA) is 83.6 Å². The fraction of sp³-hybridized carbons (Fsp3) is 0.846. The van der Waals surface area contributed by atoms with Crippen LogP contribution < -0.4 is 5.73 Å². The Kier molecular flexibility index (Phi) is 2.62. The van der Waals surface area contributed by atoms with Crippen LogP contribution in [-0.2, 0) is 9.59 Å². The summed E-state index contributed by atoms with van der Waals surface area (Å²) in [6, 6.07) is -0.633. The Bertz CT molecular complexity index is 392. The third-order valence-corrected chi connectivity index (χ3v) is 5.08. The van der Waals surface area contributed by atoms with E-state index in [-0.39, 0.29) is 11.8 Å². The lowest BCUT2D eigenvalue weighted by molar-refractivity contribution is -0.153. The molecule has 0 bridgehead atoms. The van der Waals surface area contributed by atoms with Gasteiger partial charge in [-0.2, -0.15) is 0 Å². The van der Waals surface area contributed by atoms with Gasteiger partial charge in [-0.05, 0) is 43.9 Å². The van der Waals surface area contributed by atoms with E-state index in [4.69, 9.17) is 5.73 Å². The van der Waals surface area contributed by atoms with Crippen LogP contribution in [0.5, 0.6) is 0 Å². The van der Waals surface area contributed by atoms with E-state index in [2.05, 4.69) is 0 Å². The fourth-order valence-corrected chi connectivity index (χ4v) is 3.89. The number of carboxylic acid groups (broad SMARTS) is 1. The largest absolute Gasteiger partial charge is 0.480 e. The zero-order valence-corrected chi connectivity index (χ0v) is 10.5. The lowest BCUT2D eigenvalue weighted by atomic mass is 9.76. The number of likely N-dealkylation sites (tertiary alicyclic amines) is 1. The molecule has 5 nitrogen and oxygen atoms in total. The Hall–Kier alpha value is -1.10. The van der Waals surface area contributed by atoms with Crippen LogP contribution in [0, 0.1) is 11.8 Å². The molecule has 0 spiro atoms. The highest BCUT2D eigenvalue weighted by atomic mass is 16.4. The molecule has 3 rings (SSSR count). The number of aliphatic carboxylic acids is 1. The van der Waals surface area contributed by atoms with Gasteiger partial charge in [0.25, 0.3) is 0 Å². The smallest absolute Gasteiger partial charge is 0.326 e. The normalized spacial score (nSPS) is 37.2. The van der Waals surface area contributed by atoms with Crippen molar-refractivity contribution in [3.8, 4) is 0 Å². The van der Waals surface area contributed by atoms with Crippen LogP contribution in [0.25, 0.3) is 0 Å². The summed E-state index contributed by atoms with van der Waals surface area (Å²) in [7, 11) is 0. The van der Waals surface area contributed by atoms with E-state index in [0.29, 0.717) is 25.3 Å². The minimum atomic E-state index is -0.860. The Morgan fingerprint density at radius 3 is 2.50 bits per heavy atom. The van der Waals surface area contributed by atoms with Gasteiger partial charge in [-0.25, -0.2) is 4.79 Å². The molecule has 0 radical (unpaired) electrons. The lowest BCUT2D eigenvalue weighted by Gasteiger charge is -2.40. The van der Waals surface area contributed by atoms with E-state index in [0.717, 1.165) is 25.7 Å². The van der Waals surface area contributed by atoms with E-state index >= 15 is 0 Å². The Morgan fingerprint density at radius 2 is 1.94 bits per heavy atom. The van der Waals surface area contributed by atoms with Gasteiger partial charge in [-0.15, -0.1) is 0 Å². The molecule has 3 atom stereocenters. The highest BCUT2D eigenvalue weighted by Gasteiger charge is 2.53. The van der Waals surface area contributed by atoms with Gasteiger partial charge in [0.2, 0.25) is 5.91 Å². The lowest BCUT2D eigenvalue weighted by Crippen LogP contribution is -2.61. The molecular formula is C13H20N2O3. The third kappa shape index (κ3) is 1.56. The summed E-state index contributed by atoms with van der Waals surface area (Å²) in [5.74, 6) is -0.468. The number of hydrogen-bond acceptors (Lipinski definition) is 3. The molecule has 3 fully saturated rings. The van der Waals surface area contributed by atoms with Gasteiger partial charge < -0.3 is 15.7 Å². The van der Waals surface area contributed by atoms with Crippen LogP contribution in [0.3, 0.4) is 0 Å². The number of nitrogens with two attached hydrogens (primary N) is 1. The molecule has 100 valence electrons. The Labute approximate surface area is 106 Å². The predicted molar refractivity (Wildman–Crippen MR) is 64.7 cm³/mol. The summed E-state index contributed by atoms with van der Waals surface area (Å²) in [5.41, 5.74) is 5.28. The molecule has 2 aliphatic carbocycles. The first-order chi connectivity index (χ1) is 8.53. The van der Waals surface area contributed by atoms with Crippen LogP contribution in [0.1, 0.15) is 38.5 Å². The van der Waals surface area contributed by atoms with Crippen LogP contribution in [0.15, 0.2) is 0 Å². The second-order valence-electron chi connectivity index (χ2n) is 6.11. The third-order valence-electron chi connectivity index (χ3n) is 5.08. The number of carbonyl (C=O) groups is 2. The molecule has 3 N–H and O–H groups in total. The first-order valence-corrected chi connectivity index (χ1v) is 6.86. The number of rotatable bonds is 2. The molecule has 3 unspecified atom stereocenters. The Balaban J connectivity index is 1.83. The zero-order valence-electron chi connectivity index (χ0n) is 10.5. The van der Waals surface area contributed by atoms with E-state index in [1.54, 1.807) is 4.90 Å². The van der Waals surface area contributed by atoms with E-state index < -0.39 is 17.6 Å². The maximum Gasteiger partial charge on any atom is 0.326 e. The quantitative estimate of drug-likeness (QED) is 0.753. The second kappa shape index (κ2) is 3.95. The summed E-state index contributed by atoms with van der Waals surface area (Å²) in [4.78, 5) is 25.5. The van der Waals surface area contributed by atoms with E-state index in [9.17, 15) is 14.7 Å². The maximum atomic E-state index is 12.4. The van der Waals surface area contributed by atoms with Crippen molar-refractivity contribution >= 4 is 11.9 Å². The van der Waals surface area contributed by atoms with Crippen molar-refractivity contribution in [3.05, 3.63) is 0 Å². The zero-order chi connectivity index (χ0) is 12.9. The summed E-state index contributed by atoms with van der Waals surface area (Å²) in [6.07, 6.45) is 5.45. The van der Waals surface area contributed by atoms with Gasteiger partial charge in [0.05, 0.1) is 5.54 Å². The van der Waals surface area contributed by atoms with Gasteiger partial charge in [0, 0.05) is 6.54 Å². The first kappa shape index (κ1) is 12.0. The van der Waals surface area contributed by atoms with Crippen LogP contribution in [-0.4, -0.2) is 40.0 Å². The number of carboxylic acids is 1. The fourth-order valence-electron chi connectivity index (χ4n) is 3.89. The van der Waals surface area contributed by atoms with Crippen molar-refractivity contribution in [1.82, 2.24) is 4.90 Å². The van der Waals surface area contributed by atoms with Gasteiger partial charge in [0.15, 0.2) is 0 Å². The molecule has 18 heavy (non-hydrogen) atoms. The molecule has 0 aromatic rings. The predicted octanol–water partition coefficient (Wildman–Crippen LogP) is 0.579. The summed E-state index contributed by atoms with van der Waals surface area (Å²) < 4.78 is 0. The highest BCUT2D eigenvalue weighted by Crippen LogP contribution is 2.44. The van der Waals surface area contributed by atoms with Gasteiger partial charge in [-0.1, -0.05) is 6.42 Å². The standard InChI is InChI=1S/C13H20N2O3/c14-13(5-2-6-13)12(18)15-7-8-3-1-4-9(8)10(15)11(16)17/h8-10H,1-7,14H2,(H,16,17). The minimum absolute atomic E-state index is 0.129. The average molecular weight is 252 g/mol. The molecule has 1 aliphatic heterocycles. The van der Waals surface area contributed by atoms with Crippen molar-refractivity contribution in [2.45, 2.75) is 50.1 Å². The van der Waals surface area contributed by atoms with Gasteiger partial charge in [0.1, 0.15) is 6.04 Å². The molecule has 1 heterocycles. The molecular weight excluding hydrogens is 232 g/mol. The molecule has 1 amide bonds. The van der Waals surface area contributed by atoms with Crippen molar-refractivity contribution in [1.29, 1.82) is 0 Å². The molecule has 0 aromatic carbocycles. The number of nitrogens with zero attached hydrogens (tertiary/aromatic N) is 1. The summed E-state index contributed by atoms with van der Waals surface area (Å²) >= 11 is 0. The minimum Gasteiger partial charge on any atom is -0.480 e. The van der Waals surface area contributed by atoms with Crippen LogP contribution in [0.4, 0.5) is 0 Å². The van der Waals surface area contributed by atoms with Crippen molar-refractivity contribution < 1.29 is 14.7 Å². The Morgan fingerprint density at radius 1 is 1.22 bits per heavy atom. The van der Waals surface area contributed by atoms with Crippen molar-refractivity contribution in [3.63, 3.8) is 0 Å². The molecule has 0 aromatic heterocycles. The number of amides is 1. The van der Waals surface area contributed by atoms with Gasteiger partial charge in [-0.3, -0.25) is 4.79 Å². The summed E-state index contributed by atoms with van der Waals surface area (Å²) in [6.45, 7) is 0.597. The molecule has 1 saturated heterocycles. The monoisotopic (exact) mass is 252 g/mol. The van der Waals surface area contributed by atoms with E-state index in [1.807, 2.05) is 0 Å². The second-order valence-corrected chi connectivity index (χ2v) is 6.11. The number of carbonyl (C=O) groups excluding carboxylic acids is 1. The average Bonchev–Trinajstić information content (AvgIpc) is 2.82. The van der Waals surface area contributed by atoms with Gasteiger partial charge >= 0.3 is 5.97 Å². The first-order valence-electron chi connectivity index (χ1n) is 6.86. The van der Waals surface area contributed by atoms with E-state index in [1.165, 1.54) is 0 Å².